The van der Waals surface area contributed by atoms with Gasteiger partial charge in [-0.25, -0.2) is 0 Å². The zero-order chi connectivity index (χ0) is 43.5. The first-order valence-electron chi connectivity index (χ1n) is 20.0. The first-order valence-corrected chi connectivity index (χ1v) is 20.4. The number of hydrogen-bond donors (Lipinski definition) is 5. The van der Waals surface area contributed by atoms with Gasteiger partial charge in [0.1, 0.15) is 36.4 Å². The summed E-state index contributed by atoms with van der Waals surface area (Å²) >= 11 is 6.80. The van der Waals surface area contributed by atoms with Crippen molar-refractivity contribution in [1.29, 1.82) is 5.26 Å². The van der Waals surface area contributed by atoms with E-state index in [1.807, 2.05) is 24.3 Å². The number of fused-ring (bicyclic) bond motifs is 1. The number of furan rings is 1. The van der Waals surface area contributed by atoms with Crippen molar-refractivity contribution in [3.05, 3.63) is 135 Å². The van der Waals surface area contributed by atoms with Crippen molar-refractivity contribution in [3.63, 3.8) is 0 Å². The van der Waals surface area contributed by atoms with Crippen LogP contribution in [-0.4, -0.2) is 62.6 Å². The number of nitriles is 1. The van der Waals surface area contributed by atoms with Gasteiger partial charge in [0.15, 0.2) is 0 Å². The van der Waals surface area contributed by atoms with Crippen molar-refractivity contribution >= 4 is 34.5 Å². The summed E-state index contributed by atoms with van der Waals surface area (Å²) in [5.74, 6) is -1.16. The Morgan fingerprint density at radius 2 is 1.54 bits per heavy atom. The summed E-state index contributed by atoms with van der Waals surface area (Å²) in [7, 11) is 0. The number of benzene rings is 4. The normalized spacial score (nSPS) is 12.2. The number of aliphatic hydroxyl groups is 2. The van der Waals surface area contributed by atoms with Crippen molar-refractivity contribution in [2.45, 2.75) is 77.8 Å². The highest BCUT2D eigenvalue weighted by Crippen LogP contribution is 2.38. The summed E-state index contributed by atoms with van der Waals surface area (Å²) in [6.45, 7) is 5.30. The standard InChI is InChI=1S/C48H48ClN3O9/c1-29-35(27-61-46-21-44(59-26-32-16-31(22-50)23-52-24-32)34(17-43(46)49)6-3-8-37(53)19-47(55)56)7-4-10-40(29)41-11-5-9-39(30(41)2)33-12-13-42-36(28-60-45(42)18-33)14-15-51-25-38(54)20-48(57)58/h4-5,7,9-13,16-18,21,23-24,28,37-38,51,53-54H,3,6,8,14-15,19-20,25-27H2,1-2H3,(H,55,56)(H,57,58)/t37-,38+/m1/s1. The summed E-state index contributed by atoms with van der Waals surface area (Å²) in [4.78, 5) is 26.0. The number of aromatic nitrogens is 1. The summed E-state index contributed by atoms with van der Waals surface area (Å²) in [6.07, 6.45) is 4.24. The molecule has 0 amide bonds. The lowest BCUT2D eigenvalue weighted by Gasteiger charge is -2.18. The number of carboxylic acids is 2. The molecule has 316 valence electrons. The molecule has 13 heteroatoms. The molecule has 0 fully saturated rings. The number of aliphatic hydroxyl groups excluding tert-OH is 2. The van der Waals surface area contributed by atoms with Crippen LogP contribution in [0.5, 0.6) is 11.5 Å². The van der Waals surface area contributed by atoms with Crippen molar-refractivity contribution in [3.8, 4) is 39.8 Å². The van der Waals surface area contributed by atoms with Gasteiger partial charge in [0.05, 0.1) is 41.9 Å². The minimum Gasteiger partial charge on any atom is -0.488 e. The van der Waals surface area contributed by atoms with E-state index < -0.39 is 24.1 Å². The number of aryl methyl sites for hydroxylation is 1. The van der Waals surface area contributed by atoms with Gasteiger partial charge in [-0.2, -0.15) is 5.26 Å². The van der Waals surface area contributed by atoms with Crippen LogP contribution in [0.3, 0.4) is 0 Å². The number of nitrogens with one attached hydrogen (secondary N) is 1. The average molecular weight is 846 g/mol. The highest BCUT2D eigenvalue weighted by Gasteiger charge is 2.18. The van der Waals surface area contributed by atoms with Crippen LogP contribution in [-0.2, 0) is 35.6 Å². The molecule has 0 unspecified atom stereocenters. The molecule has 2 aromatic heterocycles. The molecule has 5 N–H and O–H groups in total. The third-order valence-corrected chi connectivity index (χ3v) is 10.9. The summed E-state index contributed by atoms with van der Waals surface area (Å²) in [6, 6.07) is 25.9. The summed E-state index contributed by atoms with van der Waals surface area (Å²) in [5, 5.41) is 51.7. The summed E-state index contributed by atoms with van der Waals surface area (Å²) < 4.78 is 18.6. The van der Waals surface area contributed by atoms with Crippen LogP contribution in [0.2, 0.25) is 5.02 Å². The molecule has 0 saturated heterocycles. The van der Waals surface area contributed by atoms with Crippen LogP contribution >= 0.6 is 11.6 Å². The lowest BCUT2D eigenvalue weighted by atomic mass is 9.89. The largest absolute Gasteiger partial charge is 0.488 e. The maximum absolute atomic E-state index is 11.0. The second-order valence-electron chi connectivity index (χ2n) is 15.1. The highest BCUT2D eigenvalue weighted by atomic mass is 35.5. The number of carbonyl (C=O) groups is 2. The lowest BCUT2D eigenvalue weighted by molar-refractivity contribution is -0.140. The fourth-order valence-corrected chi connectivity index (χ4v) is 7.61. The minimum absolute atomic E-state index is 0.136. The number of hydrogen-bond acceptors (Lipinski definition) is 10. The van der Waals surface area contributed by atoms with Crippen molar-refractivity contribution < 1.29 is 43.9 Å². The molecular formula is C48H48ClN3O9. The molecule has 12 nitrogen and oxygen atoms in total. The molecule has 6 aromatic rings. The van der Waals surface area contributed by atoms with Crippen molar-refractivity contribution in [2.75, 3.05) is 13.1 Å². The van der Waals surface area contributed by atoms with Crippen molar-refractivity contribution in [2.24, 2.45) is 0 Å². The zero-order valence-electron chi connectivity index (χ0n) is 34.0. The summed E-state index contributed by atoms with van der Waals surface area (Å²) in [5.41, 5.74) is 11.0. The quantitative estimate of drug-likeness (QED) is 0.0434. The Hall–Kier alpha value is -6.23. The maximum Gasteiger partial charge on any atom is 0.306 e. The molecule has 0 bridgehead atoms. The number of pyridine rings is 1. The van der Waals surface area contributed by atoms with E-state index in [4.69, 9.17) is 35.7 Å². The number of carboxylic acid groups (broad SMARTS) is 2. The second kappa shape index (κ2) is 20.8. The highest BCUT2D eigenvalue weighted by molar-refractivity contribution is 6.32. The molecule has 61 heavy (non-hydrogen) atoms. The Bertz CT molecular complexity index is 2550. The molecule has 2 atom stereocenters. The minimum atomic E-state index is -1.06. The Kier molecular flexibility index (Phi) is 15.1. The van der Waals surface area contributed by atoms with Gasteiger partial charge in [0.2, 0.25) is 0 Å². The zero-order valence-corrected chi connectivity index (χ0v) is 34.7. The molecule has 2 heterocycles. The molecule has 0 spiro atoms. The smallest absolute Gasteiger partial charge is 0.306 e. The van der Waals surface area contributed by atoms with Gasteiger partial charge < -0.3 is 39.6 Å². The van der Waals surface area contributed by atoms with E-state index in [1.54, 1.807) is 30.7 Å². The Balaban J connectivity index is 1.18. The predicted molar refractivity (Wildman–Crippen MR) is 232 cm³/mol. The third-order valence-electron chi connectivity index (χ3n) is 10.6. The number of ether oxygens (including phenoxy) is 2. The number of rotatable bonds is 21. The molecule has 6 rings (SSSR count). The van der Waals surface area contributed by atoms with Gasteiger partial charge in [-0.1, -0.05) is 60.1 Å². The topological polar surface area (TPSA) is 195 Å². The lowest BCUT2D eigenvalue weighted by Crippen LogP contribution is -2.30. The van der Waals surface area contributed by atoms with Crippen LogP contribution in [0.25, 0.3) is 33.2 Å². The first-order chi connectivity index (χ1) is 29.4. The Morgan fingerprint density at radius 3 is 2.31 bits per heavy atom. The van der Waals surface area contributed by atoms with E-state index in [0.29, 0.717) is 59.9 Å². The number of aliphatic carboxylic acids is 2. The number of halogens is 1. The molecule has 4 aromatic carbocycles. The monoisotopic (exact) mass is 845 g/mol. The number of nitrogens with zero attached hydrogens (tertiary/aromatic N) is 2. The molecular weight excluding hydrogens is 798 g/mol. The van der Waals surface area contributed by atoms with Crippen LogP contribution in [0.1, 0.15) is 64.6 Å². The van der Waals surface area contributed by atoms with Gasteiger partial charge in [-0.05, 0) is 114 Å². The van der Waals surface area contributed by atoms with Gasteiger partial charge in [-0.15, -0.1) is 0 Å². The second-order valence-corrected chi connectivity index (χ2v) is 15.5. The van der Waals surface area contributed by atoms with Gasteiger partial charge >= 0.3 is 11.9 Å². The van der Waals surface area contributed by atoms with Crippen LogP contribution < -0.4 is 14.8 Å². The van der Waals surface area contributed by atoms with Gasteiger partial charge in [0, 0.05) is 36.0 Å². The van der Waals surface area contributed by atoms with E-state index in [0.717, 1.165) is 61.0 Å². The Morgan fingerprint density at radius 1 is 0.820 bits per heavy atom. The van der Waals surface area contributed by atoms with Crippen molar-refractivity contribution in [1.82, 2.24) is 10.3 Å². The van der Waals surface area contributed by atoms with Crippen LogP contribution in [0, 0.1) is 25.2 Å². The predicted octanol–water partition coefficient (Wildman–Crippen LogP) is 8.59. The van der Waals surface area contributed by atoms with Gasteiger partial charge in [0.25, 0.3) is 0 Å². The van der Waals surface area contributed by atoms with E-state index in [1.165, 1.54) is 6.20 Å². The first kappa shape index (κ1) is 44.3. The molecule has 0 radical (unpaired) electrons. The SMILES string of the molecule is Cc1c(COc2cc(OCc3cncc(C#N)c3)c(CCC[C@@H](O)CC(=O)O)cc2Cl)cccc1-c1cccc(-c2ccc3c(CCNC[C@@H](O)CC(=O)O)coc3c2)c1C. The average Bonchev–Trinajstić information content (AvgIpc) is 3.64. The third kappa shape index (κ3) is 11.7. The van der Waals surface area contributed by atoms with Gasteiger partial charge in [-0.3, -0.25) is 14.6 Å². The fourth-order valence-electron chi connectivity index (χ4n) is 7.37. The van der Waals surface area contributed by atoms with E-state index in [9.17, 15) is 25.1 Å². The maximum atomic E-state index is 11.0. The van der Waals surface area contributed by atoms with Crippen LogP contribution in [0.15, 0.2) is 95.9 Å². The molecule has 0 aliphatic rings. The van der Waals surface area contributed by atoms with E-state index in [2.05, 4.69) is 60.5 Å². The van der Waals surface area contributed by atoms with E-state index >= 15 is 0 Å². The molecule has 0 aliphatic carbocycles. The Labute approximate surface area is 359 Å². The van der Waals surface area contributed by atoms with Crippen LogP contribution in [0.4, 0.5) is 0 Å². The molecule has 0 aliphatic heterocycles. The fraction of sp³-hybridized carbons (Fsp3) is 0.292. The molecule has 0 saturated carbocycles. The van der Waals surface area contributed by atoms with E-state index in [-0.39, 0.29) is 32.6 Å².